The van der Waals surface area contributed by atoms with Gasteiger partial charge in [0.2, 0.25) is 0 Å². The van der Waals surface area contributed by atoms with Gasteiger partial charge in [0, 0.05) is 13.7 Å². The van der Waals surface area contributed by atoms with Crippen LogP contribution < -0.4 is 0 Å². The zero-order valence-corrected chi connectivity index (χ0v) is 10.2. The summed E-state index contributed by atoms with van der Waals surface area (Å²) in [6, 6.07) is 10.4. The second-order valence-corrected chi connectivity index (χ2v) is 3.64. The van der Waals surface area contributed by atoms with Crippen molar-refractivity contribution in [2.75, 3.05) is 13.7 Å². The molecule has 2 nitrogen and oxygen atoms in total. The molecule has 0 saturated heterocycles. The molecule has 0 aliphatic heterocycles. The average Bonchev–Trinajstić information content (AvgIpc) is 2.35. The molecule has 0 aromatic heterocycles. The molecule has 0 aliphatic rings. The highest BCUT2D eigenvalue weighted by atomic mass is 16.7. The summed E-state index contributed by atoms with van der Waals surface area (Å²) in [5.74, 6) is 0.374. The fraction of sp³-hybridized carbons (Fsp3) is 0.429. The van der Waals surface area contributed by atoms with Crippen molar-refractivity contribution in [1.82, 2.24) is 0 Å². The van der Waals surface area contributed by atoms with Crippen molar-refractivity contribution in [2.24, 2.45) is 0 Å². The predicted octanol–water partition coefficient (Wildman–Crippen LogP) is 3.36. The summed E-state index contributed by atoms with van der Waals surface area (Å²) in [4.78, 5) is 0. The summed E-state index contributed by atoms with van der Waals surface area (Å²) in [5.41, 5.74) is 1.30. The maximum atomic E-state index is 5.37. The molecule has 2 unspecified atom stereocenters. The van der Waals surface area contributed by atoms with Crippen molar-refractivity contribution in [3.05, 3.63) is 48.0 Å². The van der Waals surface area contributed by atoms with E-state index >= 15 is 0 Å². The minimum absolute atomic E-state index is 0.240. The number of hydrogen-bond acceptors (Lipinski definition) is 2. The molecular weight excluding hydrogens is 200 g/mol. The molecule has 0 fully saturated rings. The SMILES string of the molecule is CCOC(/C=C/C(C)c1ccccc1)OC. The van der Waals surface area contributed by atoms with Gasteiger partial charge in [-0.05, 0) is 24.5 Å². The molecule has 0 spiro atoms. The quantitative estimate of drug-likeness (QED) is 0.540. The maximum Gasteiger partial charge on any atom is 0.176 e. The van der Waals surface area contributed by atoms with Crippen LogP contribution in [0.1, 0.15) is 25.3 Å². The lowest BCUT2D eigenvalue weighted by atomic mass is 10.0. The predicted molar refractivity (Wildman–Crippen MR) is 66.4 cm³/mol. The molecule has 0 heterocycles. The van der Waals surface area contributed by atoms with Crippen molar-refractivity contribution in [3.63, 3.8) is 0 Å². The smallest absolute Gasteiger partial charge is 0.176 e. The van der Waals surface area contributed by atoms with Gasteiger partial charge >= 0.3 is 0 Å². The first kappa shape index (κ1) is 12.9. The molecule has 88 valence electrons. The number of ether oxygens (including phenoxy) is 2. The van der Waals surface area contributed by atoms with Crippen LogP contribution >= 0.6 is 0 Å². The first-order valence-electron chi connectivity index (χ1n) is 5.65. The summed E-state index contributed by atoms with van der Waals surface area (Å²) >= 11 is 0. The molecule has 2 heteroatoms. The Bertz CT molecular complexity index is 306. The van der Waals surface area contributed by atoms with E-state index in [1.807, 2.05) is 19.1 Å². The minimum atomic E-state index is -0.240. The summed E-state index contributed by atoms with van der Waals surface area (Å²) in [7, 11) is 1.65. The Hall–Kier alpha value is -1.12. The summed E-state index contributed by atoms with van der Waals surface area (Å²) < 4.78 is 10.5. The number of methoxy groups -OCH3 is 1. The fourth-order valence-corrected chi connectivity index (χ4v) is 1.49. The van der Waals surface area contributed by atoms with Gasteiger partial charge in [-0.15, -0.1) is 0 Å². The number of rotatable bonds is 6. The molecule has 0 radical (unpaired) electrons. The standard InChI is InChI=1S/C14H20O2/c1-4-16-14(15-3)11-10-12(2)13-8-6-5-7-9-13/h5-12,14H,4H2,1-3H3/b11-10+. The largest absolute Gasteiger partial charge is 0.352 e. The Balaban J connectivity index is 2.56. The van der Waals surface area contributed by atoms with E-state index in [9.17, 15) is 0 Å². The molecule has 0 amide bonds. The highest BCUT2D eigenvalue weighted by Gasteiger charge is 2.03. The highest BCUT2D eigenvalue weighted by Crippen LogP contribution is 2.16. The van der Waals surface area contributed by atoms with Crippen molar-refractivity contribution in [3.8, 4) is 0 Å². The van der Waals surface area contributed by atoms with Gasteiger partial charge in [0.15, 0.2) is 6.29 Å². The molecule has 16 heavy (non-hydrogen) atoms. The van der Waals surface area contributed by atoms with E-state index in [4.69, 9.17) is 9.47 Å². The molecule has 1 aromatic rings. The molecule has 2 atom stereocenters. The lowest BCUT2D eigenvalue weighted by molar-refractivity contribution is -0.0862. The molecule has 1 aromatic carbocycles. The second kappa shape index (κ2) is 7.20. The number of benzene rings is 1. The van der Waals surface area contributed by atoms with E-state index < -0.39 is 0 Å². The third-order valence-electron chi connectivity index (χ3n) is 2.45. The van der Waals surface area contributed by atoms with Gasteiger partial charge in [0.05, 0.1) is 0 Å². The summed E-state index contributed by atoms with van der Waals surface area (Å²) in [5, 5.41) is 0. The van der Waals surface area contributed by atoms with Crippen LogP contribution in [0.25, 0.3) is 0 Å². The molecule has 0 saturated carbocycles. The van der Waals surface area contributed by atoms with E-state index in [-0.39, 0.29) is 6.29 Å². The second-order valence-electron chi connectivity index (χ2n) is 3.64. The van der Waals surface area contributed by atoms with Gasteiger partial charge < -0.3 is 9.47 Å². The van der Waals surface area contributed by atoms with Gasteiger partial charge in [0.1, 0.15) is 0 Å². The van der Waals surface area contributed by atoms with Crippen LogP contribution in [0.2, 0.25) is 0 Å². The number of hydrogen-bond donors (Lipinski definition) is 0. The summed E-state index contributed by atoms with van der Waals surface area (Å²) in [6.45, 7) is 4.77. The minimum Gasteiger partial charge on any atom is -0.352 e. The molecule has 1 rings (SSSR count). The lowest BCUT2D eigenvalue weighted by Crippen LogP contribution is -2.11. The zero-order valence-electron chi connectivity index (χ0n) is 10.2. The van der Waals surface area contributed by atoms with Gasteiger partial charge in [-0.1, -0.05) is 43.3 Å². The first-order chi connectivity index (χ1) is 7.77. The third-order valence-corrected chi connectivity index (χ3v) is 2.45. The molecular formula is C14H20O2. The van der Waals surface area contributed by atoms with E-state index in [1.54, 1.807) is 7.11 Å². The van der Waals surface area contributed by atoms with Gasteiger partial charge in [-0.2, -0.15) is 0 Å². The van der Waals surface area contributed by atoms with E-state index in [0.29, 0.717) is 12.5 Å². The Kier molecular flexibility index (Phi) is 5.83. The normalized spacial score (nSPS) is 15.2. The van der Waals surface area contributed by atoms with Gasteiger partial charge in [-0.3, -0.25) is 0 Å². The Morgan fingerprint density at radius 1 is 1.19 bits per heavy atom. The van der Waals surface area contributed by atoms with Crippen LogP contribution in [0.15, 0.2) is 42.5 Å². The van der Waals surface area contributed by atoms with E-state index in [2.05, 4.69) is 37.3 Å². The van der Waals surface area contributed by atoms with Crippen LogP contribution in [-0.4, -0.2) is 20.0 Å². The topological polar surface area (TPSA) is 18.5 Å². The van der Waals surface area contributed by atoms with Crippen molar-refractivity contribution in [1.29, 1.82) is 0 Å². The van der Waals surface area contributed by atoms with Crippen LogP contribution in [0, 0.1) is 0 Å². The number of allylic oxidation sites excluding steroid dienone is 1. The van der Waals surface area contributed by atoms with Crippen LogP contribution in [0.3, 0.4) is 0 Å². The highest BCUT2D eigenvalue weighted by molar-refractivity contribution is 5.22. The Labute approximate surface area is 97.9 Å². The van der Waals surface area contributed by atoms with E-state index in [1.165, 1.54) is 5.56 Å². The van der Waals surface area contributed by atoms with Crippen molar-refractivity contribution < 1.29 is 9.47 Å². The maximum absolute atomic E-state index is 5.37. The van der Waals surface area contributed by atoms with Gasteiger partial charge in [-0.25, -0.2) is 0 Å². The summed E-state index contributed by atoms with van der Waals surface area (Å²) in [6.07, 6.45) is 3.83. The molecule has 0 bridgehead atoms. The third kappa shape index (κ3) is 4.17. The zero-order chi connectivity index (χ0) is 11.8. The molecule has 0 aliphatic carbocycles. The van der Waals surface area contributed by atoms with Crippen molar-refractivity contribution >= 4 is 0 Å². The monoisotopic (exact) mass is 220 g/mol. The molecule has 0 N–H and O–H groups in total. The van der Waals surface area contributed by atoms with Crippen LogP contribution in [0.5, 0.6) is 0 Å². The van der Waals surface area contributed by atoms with Crippen molar-refractivity contribution in [2.45, 2.75) is 26.1 Å². The Morgan fingerprint density at radius 2 is 1.88 bits per heavy atom. The van der Waals surface area contributed by atoms with E-state index in [0.717, 1.165) is 0 Å². The Morgan fingerprint density at radius 3 is 2.44 bits per heavy atom. The fourth-order valence-electron chi connectivity index (χ4n) is 1.49. The van der Waals surface area contributed by atoms with Gasteiger partial charge in [0.25, 0.3) is 0 Å². The average molecular weight is 220 g/mol. The van der Waals surface area contributed by atoms with Crippen LogP contribution in [0.4, 0.5) is 0 Å². The first-order valence-corrected chi connectivity index (χ1v) is 5.65. The van der Waals surface area contributed by atoms with Crippen LogP contribution in [-0.2, 0) is 9.47 Å². The lowest BCUT2D eigenvalue weighted by Gasteiger charge is -2.12.